The molecule has 0 saturated carbocycles. The summed E-state index contributed by atoms with van der Waals surface area (Å²) in [6.45, 7) is 9.70. The van der Waals surface area contributed by atoms with Crippen LogP contribution in [-0.4, -0.2) is 23.3 Å². The van der Waals surface area contributed by atoms with E-state index in [1.807, 2.05) is 12.1 Å². The quantitative estimate of drug-likeness (QED) is 0.467. The molecule has 1 unspecified atom stereocenters. The minimum Gasteiger partial charge on any atom is -0.313 e. The fourth-order valence-corrected chi connectivity index (χ4v) is 3.27. The largest absolute Gasteiger partial charge is 0.313 e. The van der Waals surface area contributed by atoms with Crippen molar-refractivity contribution in [1.82, 2.24) is 5.32 Å². The summed E-state index contributed by atoms with van der Waals surface area (Å²) in [6, 6.07) is 7.27. The normalized spacial score (nSPS) is 13.2. The molecule has 0 radical (unpaired) electrons. The number of hydrogen-bond acceptors (Lipinski definition) is 4. The Kier molecular flexibility index (Phi) is 6.49. The van der Waals surface area contributed by atoms with Gasteiger partial charge < -0.3 is 5.32 Å². The van der Waals surface area contributed by atoms with Crippen LogP contribution in [0.2, 0.25) is 0 Å². The molecule has 1 N–H and O–H groups in total. The van der Waals surface area contributed by atoms with Crippen molar-refractivity contribution in [2.75, 3.05) is 12.3 Å². The fourth-order valence-electron chi connectivity index (χ4n) is 1.84. The molecule has 1 atom stereocenters. The summed E-state index contributed by atoms with van der Waals surface area (Å²) in [5.74, 6) is 0.828. The Morgan fingerprint density at radius 2 is 2.00 bits per heavy atom. The highest BCUT2D eigenvalue weighted by Crippen LogP contribution is 2.32. The van der Waals surface area contributed by atoms with Gasteiger partial charge in [-0.25, -0.2) is 0 Å². The molecule has 1 aromatic rings. The molecule has 0 aliphatic carbocycles. The standard InChI is InChI=1S/C15H24N2O2S/c1-5-10-16-14(15(2,3)4)11-20-13-9-7-6-8-12(13)17(18)19/h6-9,14,16H,5,10-11H2,1-4H3. The summed E-state index contributed by atoms with van der Waals surface area (Å²) >= 11 is 1.56. The lowest BCUT2D eigenvalue weighted by atomic mass is 9.88. The number of nitrogens with zero attached hydrogens (tertiary/aromatic N) is 1. The Balaban J connectivity index is 2.75. The van der Waals surface area contributed by atoms with E-state index in [0.29, 0.717) is 6.04 Å². The first kappa shape index (κ1) is 17.0. The van der Waals surface area contributed by atoms with Crippen molar-refractivity contribution in [2.45, 2.75) is 45.1 Å². The predicted octanol–water partition coefficient (Wildman–Crippen LogP) is 4.10. The summed E-state index contributed by atoms with van der Waals surface area (Å²) < 4.78 is 0. The van der Waals surface area contributed by atoms with E-state index < -0.39 is 0 Å². The first-order chi connectivity index (χ1) is 9.36. The molecule has 0 aromatic heterocycles. The summed E-state index contributed by atoms with van der Waals surface area (Å²) in [6.07, 6.45) is 1.09. The molecule has 0 aliphatic heterocycles. The van der Waals surface area contributed by atoms with Crippen LogP contribution in [0.4, 0.5) is 5.69 Å². The summed E-state index contributed by atoms with van der Waals surface area (Å²) in [4.78, 5) is 11.4. The van der Waals surface area contributed by atoms with Crippen molar-refractivity contribution in [2.24, 2.45) is 5.41 Å². The van der Waals surface area contributed by atoms with E-state index in [2.05, 4.69) is 33.0 Å². The van der Waals surface area contributed by atoms with Gasteiger partial charge >= 0.3 is 0 Å². The van der Waals surface area contributed by atoms with Gasteiger partial charge in [0.2, 0.25) is 0 Å². The summed E-state index contributed by atoms with van der Waals surface area (Å²) in [7, 11) is 0. The van der Waals surface area contributed by atoms with Crippen molar-refractivity contribution < 1.29 is 4.92 Å². The second-order valence-electron chi connectivity index (χ2n) is 5.91. The highest BCUT2D eigenvalue weighted by atomic mass is 32.2. The molecule has 112 valence electrons. The van der Waals surface area contributed by atoms with Crippen molar-refractivity contribution >= 4 is 17.4 Å². The molecule has 0 fully saturated rings. The van der Waals surface area contributed by atoms with Gasteiger partial charge in [0, 0.05) is 17.9 Å². The lowest BCUT2D eigenvalue weighted by Crippen LogP contribution is -2.42. The van der Waals surface area contributed by atoms with Crippen LogP contribution >= 0.6 is 11.8 Å². The molecule has 0 aliphatic rings. The zero-order valence-electron chi connectivity index (χ0n) is 12.7. The smallest absolute Gasteiger partial charge is 0.282 e. The van der Waals surface area contributed by atoms with Gasteiger partial charge in [-0.3, -0.25) is 10.1 Å². The average Bonchev–Trinajstić information content (AvgIpc) is 2.37. The molecule has 1 aromatic carbocycles. The Morgan fingerprint density at radius 1 is 1.35 bits per heavy atom. The molecule has 20 heavy (non-hydrogen) atoms. The molecule has 4 nitrogen and oxygen atoms in total. The van der Waals surface area contributed by atoms with Gasteiger partial charge in [0.25, 0.3) is 5.69 Å². The van der Waals surface area contributed by atoms with Crippen molar-refractivity contribution in [3.05, 3.63) is 34.4 Å². The van der Waals surface area contributed by atoms with Crippen LogP contribution in [-0.2, 0) is 0 Å². The topological polar surface area (TPSA) is 55.2 Å². The maximum absolute atomic E-state index is 11.0. The molecule has 1 rings (SSSR count). The van der Waals surface area contributed by atoms with Crippen molar-refractivity contribution in [1.29, 1.82) is 0 Å². The Labute approximate surface area is 125 Å². The molecule has 0 heterocycles. The fraction of sp³-hybridized carbons (Fsp3) is 0.600. The van der Waals surface area contributed by atoms with Crippen LogP contribution in [0.15, 0.2) is 29.2 Å². The van der Waals surface area contributed by atoms with Gasteiger partial charge in [-0.2, -0.15) is 0 Å². The number of thioether (sulfide) groups is 1. The highest BCUT2D eigenvalue weighted by molar-refractivity contribution is 7.99. The van der Waals surface area contributed by atoms with E-state index in [1.165, 1.54) is 0 Å². The first-order valence-electron chi connectivity index (χ1n) is 6.96. The van der Waals surface area contributed by atoms with Gasteiger partial charge in [0.05, 0.1) is 9.82 Å². The molecule has 0 spiro atoms. The molecule has 0 saturated heterocycles. The summed E-state index contributed by atoms with van der Waals surface area (Å²) in [5, 5.41) is 14.5. The molecule has 0 amide bonds. The number of hydrogen-bond donors (Lipinski definition) is 1. The number of benzene rings is 1. The number of nitro benzene ring substituents is 1. The minimum atomic E-state index is -0.312. The van der Waals surface area contributed by atoms with Crippen LogP contribution in [0.5, 0.6) is 0 Å². The van der Waals surface area contributed by atoms with Crippen LogP contribution in [0, 0.1) is 15.5 Å². The van der Waals surface area contributed by atoms with E-state index >= 15 is 0 Å². The molecule has 5 heteroatoms. The third-order valence-corrected chi connectivity index (χ3v) is 4.31. The van der Waals surface area contributed by atoms with Crippen molar-refractivity contribution in [3.63, 3.8) is 0 Å². The number of nitro groups is 1. The van der Waals surface area contributed by atoms with Crippen molar-refractivity contribution in [3.8, 4) is 0 Å². The number of para-hydroxylation sites is 1. The SMILES string of the molecule is CCCNC(CSc1ccccc1[N+](=O)[O-])C(C)(C)C. The van der Waals surface area contributed by atoms with E-state index in [9.17, 15) is 10.1 Å². The second kappa shape index (κ2) is 7.64. The number of nitrogens with one attached hydrogen (secondary N) is 1. The van der Waals surface area contributed by atoms with Crippen LogP contribution in [0.1, 0.15) is 34.1 Å². The van der Waals surface area contributed by atoms with Crippen LogP contribution in [0.3, 0.4) is 0 Å². The van der Waals surface area contributed by atoms with E-state index in [-0.39, 0.29) is 16.0 Å². The van der Waals surface area contributed by atoms with Gasteiger partial charge in [-0.05, 0) is 24.4 Å². The first-order valence-corrected chi connectivity index (χ1v) is 7.94. The van der Waals surface area contributed by atoms with E-state index in [0.717, 1.165) is 23.6 Å². The average molecular weight is 296 g/mol. The zero-order chi connectivity index (χ0) is 15.2. The van der Waals surface area contributed by atoms with Gasteiger partial charge in [0.1, 0.15) is 0 Å². The highest BCUT2D eigenvalue weighted by Gasteiger charge is 2.25. The maximum atomic E-state index is 11.0. The van der Waals surface area contributed by atoms with Gasteiger partial charge in [0.15, 0.2) is 0 Å². The maximum Gasteiger partial charge on any atom is 0.282 e. The van der Waals surface area contributed by atoms with Gasteiger partial charge in [-0.1, -0.05) is 39.8 Å². The van der Waals surface area contributed by atoms with Crippen LogP contribution < -0.4 is 5.32 Å². The Hall–Kier alpha value is -1.07. The minimum absolute atomic E-state index is 0.131. The van der Waals surface area contributed by atoms with E-state index in [1.54, 1.807) is 23.9 Å². The number of rotatable bonds is 7. The molecular formula is C15H24N2O2S. The monoisotopic (exact) mass is 296 g/mol. The van der Waals surface area contributed by atoms with Gasteiger partial charge in [-0.15, -0.1) is 11.8 Å². The second-order valence-corrected chi connectivity index (χ2v) is 6.97. The zero-order valence-corrected chi connectivity index (χ0v) is 13.5. The molecule has 0 bridgehead atoms. The molecular weight excluding hydrogens is 272 g/mol. The van der Waals surface area contributed by atoms with Crippen LogP contribution in [0.25, 0.3) is 0 Å². The third-order valence-electron chi connectivity index (χ3n) is 3.15. The predicted molar refractivity (Wildman–Crippen MR) is 85.4 cm³/mol. The third kappa shape index (κ3) is 5.13. The Bertz CT molecular complexity index is 444. The lowest BCUT2D eigenvalue weighted by molar-refractivity contribution is -0.387. The summed E-state index contributed by atoms with van der Waals surface area (Å²) in [5.41, 5.74) is 0.326. The Morgan fingerprint density at radius 3 is 2.55 bits per heavy atom. The lowest BCUT2D eigenvalue weighted by Gasteiger charge is -2.31. The van der Waals surface area contributed by atoms with E-state index in [4.69, 9.17) is 0 Å².